The van der Waals surface area contributed by atoms with E-state index in [0.717, 1.165) is 34.4 Å². The third-order valence-electron chi connectivity index (χ3n) is 5.58. The van der Waals surface area contributed by atoms with E-state index in [1.165, 1.54) is 18.5 Å². The summed E-state index contributed by atoms with van der Waals surface area (Å²) in [4.78, 5) is 15.2. The molecule has 34 heavy (non-hydrogen) atoms. The molecule has 0 spiro atoms. The van der Waals surface area contributed by atoms with Crippen molar-refractivity contribution in [3.8, 4) is 11.1 Å². The van der Waals surface area contributed by atoms with Gasteiger partial charge < -0.3 is 27.0 Å². The maximum atomic E-state index is 14.3. The van der Waals surface area contributed by atoms with Gasteiger partial charge in [-0.3, -0.25) is 0 Å². The average Bonchev–Trinajstić information content (AvgIpc) is 2.82. The van der Waals surface area contributed by atoms with Gasteiger partial charge in [-0.25, -0.2) is 19.3 Å². The van der Waals surface area contributed by atoms with E-state index in [9.17, 15) is 4.39 Å². The van der Waals surface area contributed by atoms with Gasteiger partial charge in [0.05, 0.1) is 22.9 Å². The first-order valence-corrected chi connectivity index (χ1v) is 11.0. The second-order valence-corrected chi connectivity index (χ2v) is 8.39. The van der Waals surface area contributed by atoms with Crippen molar-refractivity contribution in [2.24, 2.45) is 0 Å². The first kappa shape index (κ1) is 23.2. The Hall–Kier alpha value is -3.98. The van der Waals surface area contributed by atoms with Crippen LogP contribution in [-0.4, -0.2) is 47.0 Å². The quantitative estimate of drug-likeness (QED) is 0.310. The standard InChI is InChI=1S/C25H29FN8/c1-15(32-25-21(27)24(28)30-14-31-25)22-20(16-7-5-4-6-8-16)23(29-11-12-34(2)3)18-13-17(26)9-10-19(18)33-22/h4-10,13-15H,11-12,27H2,1-3H3,(H,29,33)(H3,28,30,31,32). The van der Waals surface area contributed by atoms with Crippen molar-refractivity contribution >= 4 is 33.9 Å². The fourth-order valence-electron chi connectivity index (χ4n) is 3.85. The molecule has 0 fully saturated rings. The molecule has 0 saturated carbocycles. The Morgan fingerprint density at radius 1 is 1.06 bits per heavy atom. The Kier molecular flexibility index (Phi) is 6.74. The van der Waals surface area contributed by atoms with Crippen molar-refractivity contribution in [3.63, 3.8) is 0 Å². The molecule has 4 rings (SSSR count). The van der Waals surface area contributed by atoms with E-state index < -0.39 is 0 Å². The molecule has 9 heteroatoms. The minimum atomic E-state index is -0.313. The van der Waals surface area contributed by atoms with Crippen LogP contribution in [0, 0.1) is 5.82 Å². The van der Waals surface area contributed by atoms with Gasteiger partial charge in [-0.1, -0.05) is 30.3 Å². The van der Waals surface area contributed by atoms with Crippen LogP contribution in [0.5, 0.6) is 0 Å². The number of halogens is 1. The number of hydrogen-bond acceptors (Lipinski definition) is 8. The summed E-state index contributed by atoms with van der Waals surface area (Å²) in [6.45, 7) is 3.47. The molecule has 8 nitrogen and oxygen atoms in total. The fourth-order valence-corrected chi connectivity index (χ4v) is 3.85. The molecule has 0 radical (unpaired) electrons. The van der Waals surface area contributed by atoms with Gasteiger partial charge in [0.15, 0.2) is 11.6 Å². The van der Waals surface area contributed by atoms with E-state index in [0.29, 0.717) is 17.9 Å². The summed E-state index contributed by atoms with van der Waals surface area (Å²) < 4.78 is 14.3. The predicted octanol–water partition coefficient (Wildman–Crippen LogP) is 4.14. The van der Waals surface area contributed by atoms with Crippen LogP contribution in [-0.2, 0) is 0 Å². The Bertz CT molecular complexity index is 1290. The van der Waals surface area contributed by atoms with Crippen molar-refractivity contribution in [1.82, 2.24) is 19.9 Å². The van der Waals surface area contributed by atoms with E-state index in [1.54, 1.807) is 6.07 Å². The van der Waals surface area contributed by atoms with E-state index in [1.807, 2.05) is 51.4 Å². The van der Waals surface area contributed by atoms with E-state index in [-0.39, 0.29) is 23.4 Å². The SMILES string of the molecule is CC(Nc1ncnc(N)c1N)c1nc2ccc(F)cc2c(NCCN(C)C)c1-c1ccccc1. The highest BCUT2D eigenvalue weighted by molar-refractivity contribution is 6.01. The lowest BCUT2D eigenvalue weighted by Gasteiger charge is -2.24. The summed E-state index contributed by atoms with van der Waals surface area (Å²) in [7, 11) is 4.03. The number of fused-ring (bicyclic) bond motifs is 1. The monoisotopic (exact) mass is 460 g/mol. The number of nitrogen functional groups attached to an aromatic ring is 2. The van der Waals surface area contributed by atoms with Crippen LogP contribution >= 0.6 is 0 Å². The molecule has 6 N–H and O–H groups in total. The number of pyridine rings is 1. The molecule has 4 aromatic rings. The highest BCUT2D eigenvalue weighted by Crippen LogP contribution is 2.40. The van der Waals surface area contributed by atoms with Crippen molar-refractivity contribution in [2.75, 3.05) is 49.3 Å². The zero-order valence-corrected chi connectivity index (χ0v) is 19.5. The van der Waals surface area contributed by atoms with Gasteiger partial charge in [-0.2, -0.15) is 0 Å². The smallest absolute Gasteiger partial charge is 0.155 e. The maximum absolute atomic E-state index is 14.3. The van der Waals surface area contributed by atoms with Gasteiger partial charge in [-0.05, 0) is 44.8 Å². The molecule has 0 aliphatic heterocycles. The molecule has 2 aromatic heterocycles. The van der Waals surface area contributed by atoms with Crippen LogP contribution in [0.3, 0.4) is 0 Å². The summed E-state index contributed by atoms with van der Waals surface area (Å²) in [5.74, 6) is 0.329. The van der Waals surface area contributed by atoms with Gasteiger partial charge in [0.2, 0.25) is 0 Å². The zero-order valence-electron chi connectivity index (χ0n) is 19.5. The second kappa shape index (κ2) is 9.88. The van der Waals surface area contributed by atoms with Crippen molar-refractivity contribution in [1.29, 1.82) is 0 Å². The fraction of sp³-hybridized carbons (Fsp3) is 0.240. The average molecular weight is 461 g/mol. The van der Waals surface area contributed by atoms with Gasteiger partial charge in [0, 0.05) is 24.0 Å². The molecule has 1 unspecified atom stereocenters. The Morgan fingerprint density at radius 3 is 2.56 bits per heavy atom. The van der Waals surface area contributed by atoms with Crippen LogP contribution in [0.1, 0.15) is 18.7 Å². The predicted molar refractivity (Wildman–Crippen MR) is 137 cm³/mol. The minimum Gasteiger partial charge on any atom is -0.393 e. The number of nitrogens with zero attached hydrogens (tertiary/aromatic N) is 4. The summed E-state index contributed by atoms with van der Waals surface area (Å²) in [5, 5.41) is 7.59. The van der Waals surface area contributed by atoms with Crippen molar-refractivity contribution in [3.05, 3.63) is 66.4 Å². The molecule has 0 saturated heterocycles. The van der Waals surface area contributed by atoms with Crippen molar-refractivity contribution in [2.45, 2.75) is 13.0 Å². The number of anilines is 4. The zero-order chi connectivity index (χ0) is 24.2. The van der Waals surface area contributed by atoms with E-state index >= 15 is 0 Å². The minimum absolute atomic E-state index is 0.209. The number of rotatable bonds is 8. The molecular weight excluding hydrogens is 431 g/mol. The Morgan fingerprint density at radius 2 is 1.82 bits per heavy atom. The summed E-state index contributed by atoms with van der Waals surface area (Å²) in [6, 6.07) is 14.3. The topological polar surface area (TPSA) is 118 Å². The third kappa shape index (κ3) is 4.84. The molecule has 1 atom stereocenters. The molecule has 0 aliphatic rings. The molecule has 0 bridgehead atoms. The van der Waals surface area contributed by atoms with Crippen LogP contribution in [0.25, 0.3) is 22.0 Å². The van der Waals surface area contributed by atoms with Crippen LogP contribution in [0.2, 0.25) is 0 Å². The van der Waals surface area contributed by atoms with E-state index in [4.69, 9.17) is 16.5 Å². The molecule has 0 aliphatic carbocycles. The Labute approximate surface area is 198 Å². The van der Waals surface area contributed by atoms with Crippen LogP contribution in [0.15, 0.2) is 54.9 Å². The Balaban J connectivity index is 1.90. The number of hydrogen-bond donors (Lipinski definition) is 4. The van der Waals surface area contributed by atoms with Crippen LogP contribution in [0.4, 0.5) is 27.4 Å². The van der Waals surface area contributed by atoms with Crippen LogP contribution < -0.4 is 22.1 Å². The number of likely N-dealkylation sites (N-methyl/N-ethyl adjacent to an activating group) is 1. The largest absolute Gasteiger partial charge is 0.393 e. The maximum Gasteiger partial charge on any atom is 0.155 e. The van der Waals surface area contributed by atoms with Gasteiger partial charge in [0.25, 0.3) is 0 Å². The number of nitrogens with one attached hydrogen (secondary N) is 2. The van der Waals surface area contributed by atoms with Gasteiger partial charge in [0.1, 0.15) is 17.8 Å². The lowest BCUT2D eigenvalue weighted by Crippen LogP contribution is -2.22. The summed E-state index contributed by atoms with van der Waals surface area (Å²) in [6.07, 6.45) is 1.36. The first-order valence-electron chi connectivity index (χ1n) is 11.0. The third-order valence-corrected chi connectivity index (χ3v) is 5.58. The molecule has 176 valence electrons. The van der Waals surface area contributed by atoms with Gasteiger partial charge in [-0.15, -0.1) is 0 Å². The number of nitrogens with two attached hydrogens (primary N) is 2. The second-order valence-electron chi connectivity index (χ2n) is 8.39. The highest BCUT2D eigenvalue weighted by Gasteiger charge is 2.22. The summed E-state index contributed by atoms with van der Waals surface area (Å²) >= 11 is 0. The molecule has 2 heterocycles. The molecule has 0 amide bonds. The van der Waals surface area contributed by atoms with Crippen molar-refractivity contribution < 1.29 is 4.39 Å². The number of benzene rings is 2. The molecule has 2 aromatic carbocycles. The lowest BCUT2D eigenvalue weighted by molar-refractivity contribution is 0.425. The summed E-state index contributed by atoms with van der Waals surface area (Å²) in [5.41, 5.74) is 16.4. The highest BCUT2D eigenvalue weighted by atomic mass is 19.1. The first-order chi connectivity index (χ1) is 16.3. The van der Waals surface area contributed by atoms with E-state index in [2.05, 4.69) is 25.5 Å². The normalized spacial score (nSPS) is 12.1. The van der Waals surface area contributed by atoms with Gasteiger partial charge >= 0.3 is 0 Å². The number of aromatic nitrogens is 3. The lowest BCUT2D eigenvalue weighted by atomic mass is 9.95. The molecular formula is C25H29FN8.